The molecule has 134 valence electrons. The fourth-order valence-electron chi connectivity index (χ4n) is 2.68. The third-order valence-electron chi connectivity index (χ3n) is 4.27. The molecule has 0 atom stereocenters. The molecule has 1 saturated heterocycles. The molecule has 0 aliphatic carbocycles. The van der Waals surface area contributed by atoms with E-state index in [2.05, 4.69) is 51.8 Å². The number of aromatic nitrogens is 2. The Balaban J connectivity index is 2.07. The van der Waals surface area contributed by atoms with Crippen LogP contribution >= 0.6 is 0 Å². The van der Waals surface area contributed by atoms with Gasteiger partial charge in [-0.15, -0.1) is 0 Å². The first-order valence-corrected chi connectivity index (χ1v) is 8.99. The number of hydrogen-bond acceptors (Lipinski definition) is 4. The van der Waals surface area contributed by atoms with Crippen molar-refractivity contribution in [3.05, 3.63) is 17.6 Å². The van der Waals surface area contributed by atoms with Crippen molar-refractivity contribution in [2.75, 3.05) is 25.0 Å². The monoisotopic (exact) mass is 332 g/mol. The van der Waals surface area contributed by atoms with E-state index in [1.54, 1.807) is 0 Å². The van der Waals surface area contributed by atoms with Crippen molar-refractivity contribution in [3.8, 4) is 0 Å². The lowest BCUT2D eigenvalue weighted by Crippen LogP contribution is -2.29. The van der Waals surface area contributed by atoms with E-state index >= 15 is 0 Å². The lowest BCUT2D eigenvalue weighted by atomic mass is 9.90. The molecule has 1 amide bonds. The number of anilines is 1. The third-order valence-corrected chi connectivity index (χ3v) is 4.27. The molecule has 1 N–H and O–H groups in total. The van der Waals surface area contributed by atoms with Crippen LogP contribution in [0.3, 0.4) is 0 Å². The highest BCUT2D eigenvalue weighted by atomic mass is 16.2. The normalized spacial score (nSPS) is 15.7. The number of nitrogens with one attached hydrogen (secondary N) is 1. The van der Waals surface area contributed by atoms with E-state index in [1.165, 1.54) is 0 Å². The minimum Gasteiger partial charge on any atom is -0.369 e. The topological polar surface area (TPSA) is 58.1 Å². The first kappa shape index (κ1) is 18.7. The molecule has 2 rings (SSSR count). The van der Waals surface area contributed by atoms with Crippen LogP contribution in [-0.4, -0.2) is 40.4 Å². The summed E-state index contributed by atoms with van der Waals surface area (Å²) in [6.45, 7) is 15.3. The molecule has 0 radical (unpaired) electrons. The first-order valence-electron chi connectivity index (χ1n) is 8.99. The smallest absolute Gasteiger partial charge is 0.224 e. The second kappa shape index (κ2) is 7.08. The Kier molecular flexibility index (Phi) is 5.51. The van der Waals surface area contributed by atoms with Crippen LogP contribution in [0.15, 0.2) is 6.07 Å². The molecular formula is C19H32N4O. The zero-order valence-electron chi connectivity index (χ0n) is 16.1. The van der Waals surface area contributed by atoms with Crippen LogP contribution in [0.1, 0.15) is 72.3 Å². The molecule has 0 spiro atoms. The second-order valence-corrected chi connectivity index (χ2v) is 8.73. The number of carbonyl (C=O) groups is 1. The Morgan fingerprint density at radius 2 is 1.71 bits per heavy atom. The van der Waals surface area contributed by atoms with Crippen molar-refractivity contribution in [1.29, 1.82) is 0 Å². The molecule has 0 unspecified atom stereocenters. The Morgan fingerprint density at radius 1 is 1.08 bits per heavy atom. The Bertz CT molecular complexity index is 546. The lowest BCUT2D eigenvalue weighted by Gasteiger charge is -2.24. The van der Waals surface area contributed by atoms with E-state index in [0.717, 1.165) is 43.3 Å². The van der Waals surface area contributed by atoms with Crippen LogP contribution in [-0.2, 0) is 15.6 Å². The second-order valence-electron chi connectivity index (χ2n) is 8.73. The predicted molar refractivity (Wildman–Crippen MR) is 98.4 cm³/mol. The number of nitrogens with zero attached hydrogens (tertiary/aromatic N) is 3. The molecule has 0 saturated carbocycles. The molecule has 5 heteroatoms. The molecular weight excluding hydrogens is 300 g/mol. The van der Waals surface area contributed by atoms with Crippen molar-refractivity contribution >= 4 is 11.7 Å². The van der Waals surface area contributed by atoms with Gasteiger partial charge in [0.15, 0.2) is 0 Å². The summed E-state index contributed by atoms with van der Waals surface area (Å²) in [6, 6.07) is 2.01. The molecule has 1 aliphatic rings. The fourth-order valence-corrected chi connectivity index (χ4v) is 2.68. The third kappa shape index (κ3) is 4.92. The van der Waals surface area contributed by atoms with Crippen LogP contribution in [0.2, 0.25) is 0 Å². The molecule has 1 fully saturated rings. The average Bonchev–Trinajstić information content (AvgIpc) is 2.99. The summed E-state index contributed by atoms with van der Waals surface area (Å²) in [5.74, 6) is 1.89. The van der Waals surface area contributed by atoms with Gasteiger partial charge in [0.1, 0.15) is 11.6 Å². The summed E-state index contributed by atoms with van der Waals surface area (Å²) >= 11 is 0. The highest BCUT2D eigenvalue weighted by Gasteiger charge is 2.24. The van der Waals surface area contributed by atoms with Crippen LogP contribution in [0.4, 0.5) is 5.82 Å². The molecule has 24 heavy (non-hydrogen) atoms. The Hall–Kier alpha value is -1.65. The number of likely N-dealkylation sites (tertiary alicyclic amines) is 1. The van der Waals surface area contributed by atoms with E-state index in [-0.39, 0.29) is 16.7 Å². The van der Waals surface area contributed by atoms with E-state index in [0.29, 0.717) is 13.0 Å². The van der Waals surface area contributed by atoms with Gasteiger partial charge in [0.25, 0.3) is 0 Å². The van der Waals surface area contributed by atoms with Crippen molar-refractivity contribution < 1.29 is 4.79 Å². The summed E-state index contributed by atoms with van der Waals surface area (Å²) in [6.07, 6.45) is 2.78. The van der Waals surface area contributed by atoms with Gasteiger partial charge in [-0.3, -0.25) is 4.79 Å². The molecule has 1 aliphatic heterocycles. The van der Waals surface area contributed by atoms with Crippen LogP contribution < -0.4 is 5.32 Å². The number of carbonyl (C=O) groups excluding carboxylic acids is 1. The number of amides is 1. The standard InChI is InChI=1S/C19H32N4O/c1-18(2,3)14-13-15(22-17(21-14)19(4,5)6)20-10-9-16(24)23-11-7-8-12-23/h13H,7-12H2,1-6H3,(H,20,21,22). The van der Waals surface area contributed by atoms with Crippen molar-refractivity contribution in [2.24, 2.45) is 0 Å². The van der Waals surface area contributed by atoms with Gasteiger partial charge >= 0.3 is 0 Å². The maximum atomic E-state index is 12.1. The lowest BCUT2D eigenvalue weighted by molar-refractivity contribution is -0.129. The summed E-state index contributed by atoms with van der Waals surface area (Å²) in [5.41, 5.74) is 0.879. The average molecular weight is 332 g/mol. The molecule has 0 aromatic carbocycles. The molecule has 0 bridgehead atoms. The van der Waals surface area contributed by atoms with Crippen LogP contribution in [0.25, 0.3) is 0 Å². The quantitative estimate of drug-likeness (QED) is 0.917. The van der Waals surface area contributed by atoms with Gasteiger partial charge in [-0.1, -0.05) is 41.5 Å². The SMILES string of the molecule is CC(C)(C)c1cc(NCCC(=O)N2CCCC2)nc(C(C)(C)C)n1. The molecule has 2 heterocycles. The molecule has 5 nitrogen and oxygen atoms in total. The highest BCUT2D eigenvalue weighted by molar-refractivity contribution is 5.76. The number of hydrogen-bond donors (Lipinski definition) is 1. The minimum atomic E-state index is -0.108. The zero-order chi connectivity index (χ0) is 18.0. The van der Waals surface area contributed by atoms with Gasteiger partial charge in [-0.25, -0.2) is 9.97 Å². The van der Waals surface area contributed by atoms with Crippen LogP contribution in [0, 0.1) is 0 Å². The minimum absolute atomic E-state index is 0.0370. The van der Waals surface area contributed by atoms with Crippen LogP contribution in [0.5, 0.6) is 0 Å². The van der Waals surface area contributed by atoms with E-state index < -0.39 is 0 Å². The summed E-state index contributed by atoms with van der Waals surface area (Å²) in [5, 5.41) is 3.33. The Morgan fingerprint density at radius 3 is 2.25 bits per heavy atom. The van der Waals surface area contributed by atoms with Crippen molar-refractivity contribution in [2.45, 2.75) is 71.6 Å². The number of rotatable bonds is 4. The zero-order valence-corrected chi connectivity index (χ0v) is 16.1. The molecule has 1 aromatic heterocycles. The highest BCUT2D eigenvalue weighted by Crippen LogP contribution is 2.26. The van der Waals surface area contributed by atoms with Gasteiger partial charge in [0, 0.05) is 43.0 Å². The van der Waals surface area contributed by atoms with Gasteiger partial charge in [-0.05, 0) is 12.8 Å². The maximum Gasteiger partial charge on any atom is 0.224 e. The van der Waals surface area contributed by atoms with Crippen molar-refractivity contribution in [1.82, 2.24) is 14.9 Å². The maximum absolute atomic E-state index is 12.1. The summed E-state index contributed by atoms with van der Waals surface area (Å²) in [7, 11) is 0. The molecule has 1 aromatic rings. The predicted octanol–water partition coefficient (Wildman–Crippen LogP) is 3.50. The summed E-state index contributed by atoms with van der Waals surface area (Å²) < 4.78 is 0. The first-order chi connectivity index (χ1) is 11.1. The van der Waals surface area contributed by atoms with Gasteiger partial charge in [0.2, 0.25) is 5.91 Å². The van der Waals surface area contributed by atoms with E-state index in [9.17, 15) is 4.79 Å². The van der Waals surface area contributed by atoms with Gasteiger partial charge in [0.05, 0.1) is 5.69 Å². The van der Waals surface area contributed by atoms with Crippen molar-refractivity contribution in [3.63, 3.8) is 0 Å². The fraction of sp³-hybridized carbons (Fsp3) is 0.737. The summed E-state index contributed by atoms with van der Waals surface area (Å²) in [4.78, 5) is 23.5. The largest absolute Gasteiger partial charge is 0.369 e. The van der Waals surface area contributed by atoms with E-state index in [4.69, 9.17) is 4.98 Å². The van der Waals surface area contributed by atoms with Gasteiger partial charge in [-0.2, -0.15) is 0 Å². The van der Waals surface area contributed by atoms with Gasteiger partial charge < -0.3 is 10.2 Å². The Labute approximate surface area is 146 Å². The van der Waals surface area contributed by atoms with E-state index in [1.807, 2.05) is 11.0 Å².